The summed E-state index contributed by atoms with van der Waals surface area (Å²) in [5.41, 5.74) is 2.69. The number of nitrogens with one attached hydrogen (secondary N) is 1. The van der Waals surface area contributed by atoms with Gasteiger partial charge in [-0.3, -0.25) is 14.9 Å². The molecule has 1 aliphatic heterocycles. The number of hydrogen-bond donors (Lipinski definition) is 1. The maximum absolute atomic E-state index is 12.8. The van der Waals surface area contributed by atoms with Crippen LogP contribution in [-0.2, 0) is 16.1 Å². The number of nitrogens with zero attached hydrogens (tertiary/aromatic N) is 3. The van der Waals surface area contributed by atoms with Gasteiger partial charge in [-0.25, -0.2) is 4.98 Å². The minimum Gasteiger partial charge on any atom is -0.312 e. The molecule has 0 saturated carbocycles. The normalized spacial score (nSPS) is 16.9. The van der Waals surface area contributed by atoms with Crippen molar-refractivity contribution in [2.45, 2.75) is 26.3 Å². The number of aromatic nitrogens is 2. The number of rotatable bonds is 5. The third-order valence-corrected chi connectivity index (χ3v) is 4.90. The van der Waals surface area contributed by atoms with Gasteiger partial charge in [0.25, 0.3) is 0 Å². The average molecular weight is 362 g/mol. The predicted octanol–water partition coefficient (Wildman–Crippen LogP) is 3.44. The molecule has 6 heteroatoms. The van der Waals surface area contributed by atoms with Crippen LogP contribution in [0.5, 0.6) is 0 Å². The number of carbonyl (C=O) groups is 2. The first-order valence-corrected chi connectivity index (χ1v) is 9.29. The average Bonchev–Trinajstić information content (AvgIpc) is 3.24. The third kappa shape index (κ3) is 3.30. The maximum Gasteiger partial charge on any atom is 0.232 e. The van der Waals surface area contributed by atoms with Crippen LogP contribution in [0.4, 0.5) is 11.6 Å². The van der Waals surface area contributed by atoms with E-state index in [1.165, 1.54) is 0 Å². The van der Waals surface area contributed by atoms with E-state index in [4.69, 9.17) is 0 Å². The minimum absolute atomic E-state index is 0.0246. The second-order valence-electron chi connectivity index (χ2n) is 6.81. The van der Waals surface area contributed by atoms with Gasteiger partial charge >= 0.3 is 0 Å². The van der Waals surface area contributed by atoms with E-state index < -0.39 is 0 Å². The van der Waals surface area contributed by atoms with E-state index in [9.17, 15) is 9.59 Å². The largest absolute Gasteiger partial charge is 0.312 e. The molecule has 1 N–H and O–H groups in total. The highest BCUT2D eigenvalue weighted by Gasteiger charge is 2.35. The Morgan fingerprint density at radius 3 is 2.67 bits per heavy atom. The van der Waals surface area contributed by atoms with Gasteiger partial charge in [-0.1, -0.05) is 37.3 Å². The summed E-state index contributed by atoms with van der Waals surface area (Å²) in [5, 5.41) is 2.95. The molecule has 6 nitrogen and oxygen atoms in total. The quantitative estimate of drug-likeness (QED) is 0.756. The van der Waals surface area contributed by atoms with Crippen molar-refractivity contribution in [3.8, 4) is 0 Å². The van der Waals surface area contributed by atoms with Crippen molar-refractivity contribution in [2.75, 3.05) is 16.8 Å². The first kappa shape index (κ1) is 17.3. The Bertz CT molecular complexity index is 980. The molecule has 0 spiro atoms. The van der Waals surface area contributed by atoms with Crippen molar-refractivity contribution >= 4 is 34.5 Å². The zero-order valence-corrected chi connectivity index (χ0v) is 15.3. The lowest BCUT2D eigenvalue weighted by Crippen LogP contribution is -2.28. The lowest BCUT2D eigenvalue weighted by molar-refractivity contribution is -0.122. The van der Waals surface area contributed by atoms with Crippen LogP contribution in [0.15, 0.2) is 54.6 Å². The van der Waals surface area contributed by atoms with Gasteiger partial charge in [-0.05, 0) is 30.7 Å². The predicted molar refractivity (Wildman–Crippen MR) is 106 cm³/mol. The van der Waals surface area contributed by atoms with Gasteiger partial charge in [0.05, 0.1) is 17.0 Å². The van der Waals surface area contributed by atoms with Gasteiger partial charge in [0.2, 0.25) is 17.8 Å². The molecule has 1 aromatic heterocycles. The van der Waals surface area contributed by atoms with Gasteiger partial charge < -0.3 is 9.47 Å². The first-order valence-electron chi connectivity index (χ1n) is 9.29. The van der Waals surface area contributed by atoms with Gasteiger partial charge in [0.1, 0.15) is 0 Å². The molecule has 1 atom stereocenters. The highest BCUT2D eigenvalue weighted by Crippen LogP contribution is 2.26. The second kappa shape index (κ2) is 7.23. The number of aryl methyl sites for hydroxylation is 1. The van der Waals surface area contributed by atoms with Crippen molar-refractivity contribution in [3.05, 3.63) is 54.6 Å². The molecule has 4 rings (SSSR count). The molecule has 1 saturated heterocycles. The molecular formula is C21H22N4O2. The number of fused-ring (bicyclic) bond motifs is 1. The molecule has 3 aromatic rings. The fourth-order valence-electron chi connectivity index (χ4n) is 3.57. The topological polar surface area (TPSA) is 67.2 Å². The number of imidazole rings is 1. The molecule has 0 radical (unpaired) electrons. The fourth-order valence-corrected chi connectivity index (χ4v) is 3.57. The molecule has 2 heterocycles. The number of amides is 2. The Kier molecular flexibility index (Phi) is 4.62. The third-order valence-electron chi connectivity index (χ3n) is 4.90. The van der Waals surface area contributed by atoms with Crippen LogP contribution < -0.4 is 10.2 Å². The summed E-state index contributed by atoms with van der Waals surface area (Å²) in [5.74, 6) is -0.0147. The van der Waals surface area contributed by atoms with Crippen LogP contribution in [0.2, 0.25) is 0 Å². The lowest BCUT2D eigenvalue weighted by Gasteiger charge is -2.16. The standard InChI is InChI=1S/C21H22N4O2/c1-2-12-24-18-11-7-6-10-17(18)22-21(24)23-20(27)15-13-19(26)25(14-15)16-8-4-3-5-9-16/h3-11,15H,2,12-14H2,1H3,(H,22,23,27). The first-order chi connectivity index (χ1) is 13.2. The van der Waals surface area contributed by atoms with Crippen LogP contribution >= 0.6 is 0 Å². The van der Waals surface area contributed by atoms with Crippen molar-refractivity contribution in [1.82, 2.24) is 9.55 Å². The van der Waals surface area contributed by atoms with Crippen LogP contribution in [0.1, 0.15) is 19.8 Å². The van der Waals surface area contributed by atoms with Crippen molar-refractivity contribution in [2.24, 2.45) is 5.92 Å². The van der Waals surface area contributed by atoms with E-state index in [1.54, 1.807) is 4.90 Å². The van der Waals surface area contributed by atoms with Crippen molar-refractivity contribution in [1.29, 1.82) is 0 Å². The van der Waals surface area contributed by atoms with Gasteiger partial charge in [0, 0.05) is 25.2 Å². The van der Waals surface area contributed by atoms with Crippen molar-refractivity contribution < 1.29 is 9.59 Å². The highest BCUT2D eigenvalue weighted by atomic mass is 16.2. The van der Waals surface area contributed by atoms with Gasteiger partial charge in [-0.2, -0.15) is 0 Å². The SMILES string of the molecule is CCCn1c(NC(=O)C2CC(=O)N(c3ccccc3)C2)nc2ccccc21. The number of carbonyl (C=O) groups excluding carboxylic acids is 2. The zero-order valence-electron chi connectivity index (χ0n) is 15.3. The Morgan fingerprint density at radius 1 is 1.15 bits per heavy atom. The molecule has 1 aliphatic rings. The molecule has 2 aromatic carbocycles. The Morgan fingerprint density at radius 2 is 1.89 bits per heavy atom. The molecule has 0 bridgehead atoms. The van der Waals surface area contributed by atoms with E-state index >= 15 is 0 Å². The van der Waals surface area contributed by atoms with Crippen LogP contribution in [0, 0.1) is 5.92 Å². The van der Waals surface area contributed by atoms with Gasteiger partial charge in [0.15, 0.2) is 0 Å². The van der Waals surface area contributed by atoms with Gasteiger partial charge in [-0.15, -0.1) is 0 Å². The molecule has 1 fully saturated rings. The molecule has 0 aliphatic carbocycles. The van der Waals surface area contributed by atoms with E-state index in [0.29, 0.717) is 12.5 Å². The van der Waals surface area contributed by atoms with E-state index in [1.807, 2.05) is 59.2 Å². The second-order valence-corrected chi connectivity index (χ2v) is 6.81. The smallest absolute Gasteiger partial charge is 0.232 e. The Balaban J connectivity index is 1.54. The summed E-state index contributed by atoms with van der Waals surface area (Å²) in [7, 11) is 0. The summed E-state index contributed by atoms with van der Waals surface area (Å²) >= 11 is 0. The number of anilines is 2. The summed E-state index contributed by atoms with van der Waals surface area (Å²) in [6.07, 6.45) is 1.15. The number of hydrogen-bond acceptors (Lipinski definition) is 3. The molecular weight excluding hydrogens is 340 g/mol. The summed E-state index contributed by atoms with van der Waals surface area (Å²) in [4.78, 5) is 31.5. The lowest BCUT2D eigenvalue weighted by atomic mass is 10.1. The maximum atomic E-state index is 12.8. The monoisotopic (exact) mass is 362 g/mol. The van der Waals surface area contributed by atoms with E-state index in [0.717, 1.165) is 29.7 Å². The molecule has 2 amide bonds. The summed E-state index contributed by atoms with van der Waals surface area (Å²) in [6.45, 7) is 3.26. The Labute approximate surface area is 157 Å². The summed E-state index contributed by atoms with van der Waals surface area (Å²) < 4.78 is 2.03. The van der Waals surface area contributed by atoms with E-state index in [2.05, 4.69) is 17.2 Å². The van der Waals surface area contributed by atoms with Crippen LogP contribution in [0.3, 0.4) is 0 Å². The van der Waals surface area contributed by atoms with Crippen LogP contribution in [0.25, 0.3) is 11.0 Å². The fraction of sp³-hybridized carbons (Fsp3) is 0.286. The number of benzene rings is 2. The van der Waals surface area contributed by atoms with E-state index in [-0.39, 0.29) is 24.2 Å². The Hall–Kier alpha value is -3.15. The minimum atomic E-state index is -0.382. The highest BCUT2D eigenvalue weighted by molar-refractivity contribution is 6.03. The zero-order chi connectivity index (χ0) is 18.8. The molecule has 1 unspecified atom stereocenters. The van der Waals surface area contributed by atoms with Crippen LogP contribution in [-0.4, -0.2) is 27.9 Å². The summed E-state index contributed by atoms with van der Waals surface area (Å²) in [6, 6.07) is 17.3. The van der Waals surface area contributed by atoms with Crippen molar-refractivity contribution in [3.63, 3.8) is 0 Å². The molecule has 138 valence electrons. The molecule has 27 heavy (non-hydrogen) atoms. The number of para-hydroxylation sites is 3.